The van der Waals surface area contributed by atoms with Gasteiger partial charge in [0.1, 0.15) is 5.75 Å². The number of ether oxygens (including phenoxy) is 1. The molecule has 1 fully saturated rings. The lowest BCUT2D eigenvalue weighted by atomic mass is 10.2. The molecule has 1 aromatic carbocycles. The Morgan fingerprint density at radius 1 is 1.36 bits per heavy atom. The number of likely N-dealkylation sites (N-methyl/N-ethyl adjacent to an activating group) is 1. The molecule has 0 aromatic heterocycles. The number of amides is 1. The van der Waals surface area contributed by atoms with E-state index in [-0.39, 0.29) is 5.91 Å². The molecule has 2 rings (SSSR count). The molecule has 1 aromatic rings. The summed E-state index contributed by atoms with van der Waals surface area (Å²) in [5.74, 6) is 0.711. The van der Waals surface area contributed by atoms with E-state index >= 15 is 0 Å². The highest BCUT2D eigenvalue weighted by atomic mass is 16.5. The van der Waals surface area contributed by atoms with Gasteiger partial charge in [-0.1, -0.05) is 12.1 Å². The van der Waals surface area contributed by atoms with Crippen molar-refractivity contribution in [2.24, 2.45) is 5.10 Å². The van der Waals surface area contributed by atoms with Gasteiger partial charge in [0.25, 0.3) is 0 Å². The number of nitrogens with one attached hydrogen (secondary N) is 1. The highest BCUT2D eigenvalue weighted by Crippen LogP contribution is 2.10. The molecule has 6 nitrogen and oxygen atoms in total. The lowest BCUT2D eigenvalue weighted by Gasteiger charge is -2.32. The number of piperazine rings is 1. The average Bonchev–Trinajstić information content (AvgIpc) is 2.54. The Morgan fingerprint density at radius 2 is 2.14 bits per heavy atom. The molecule has 0 saturated carbocycles. The van der Waals surface area contributed by atoms with Crippen LogP contribution in [0.4, 0.5) is 0 Å². The van der Waals surface area contributed by atoms with Crippen LogP contribution < -0.4 is 10.2 Å². The van der Waals surface area contributed by atoms with Crippen molar-refractivity contribution in [3.63, 3.8) is 0 Å². The number of benzene rings is 1. The Labute approximate surface area is 131 Å². The van der Waals surface area contributed by atoms with E-state index in [1.807, 2.05) is 24.3 Å². The second-order valence-corrected chi connectivity index (χ2v) is 5.46. The van der Waals surface area contributed by atoms with Crippen LogP contribution in [0.5, 0.6) is 5.75 Å². The van der Waals surface area contributed by atoms with Gasteiger partial charge in [-0.15, -0.1) is 0 Å². The number of nitrogens with zero attached hydrogens (tertiary/aromatic N) is 3. The fraction of sp³-hybridized carbons (Fsp3) is 0.500. The van der Waals surface area contributed by atoms with Crippen molar-refractivity contribution >= 4 is 12.1 Å². The molecule has 0 unspecified atom stereocenters. The number of methoxy groups -OCH3 is 1. The second kappa shape index (κ2) is 8.51. The SMILES string of the molecule is COc1cccc(C=NNC(=O)CCN2CCN(C)CC2)c1. The lowest BCUT2D eigenvalue weighted by molar-refractivity contribution is -0.121. The fourth-order valence-corrected chi connectivity index (χ4v) is 2.29. The van der Waals surface area contributed by atoms with Gasteiger partial charge in [0.15, 0.2) is 0 Å². The van der Waals surface area contributed by atoms with Crippen LogP contribution in [-0.4, -0.2) is 68.8 Å². The van der Waals surface area contributed by atoms with Gasteiger partial charge >= 0.3 is 0 Å². The van der Waals surface area contributed by atoms with Crippen molar-refractivity contribution in [2.45, 2.75) is 6.42 Å². The molecule has 0 aliphatic carbocycles. The van der Waals surface area contributed by atoms with E-state index in [1.54, 1.807) is 13.3 Å². The molecule has 1 N–H and O–H groups in total. The molecule has 0 radical (unpaired) electrons. The van der Waals surface area contributed by atoms with Gasteiger partial charge in [0, 0.05) is 39.1 Å². The van der Waals surface area contributed by atoms with Gasteiger partial charge < -0.3 is 14.5 Å². The molecule has 0 bridgehead atoms. The van der Waals surface area contributed by atoms with Gasteiger partial charge in [-0.25, -0.2) is 5.43 Å². The summed E-state index contributed by atoms with van der Waals surface area (Å²) >= 11 is 0. The highest BCUT2D eigenvalue weighted by molar-refractivity contribution is 5.82. The molecule has 0 spiro atoms. The molecule has 22 heavy (non-hydrogen) atoms. The smallest absolute Gasteiger partial charge is 0.241 e. The van der Waals surface area contributed by atoms with Crippen molar-refractivity contribution in [1.82, 2.24) is 15.2 Å². The minimum absolute atomic E-state index is 0.0573. The largest absolute Gasteiger partial charge is 0.497 e. The van der Waals surface area contributed by atoms with Gasteiger partial charge in [-0.2, -0.15) is 5.10 Å². The van der Waals surface area contributed by atoms with E-state index in [9.17, 15) is 4.79 Å². The molecular formula is C16H24N4O2. The molecule has 1 aliphatic heterocycles. The summed E-state index contributed by atoms with van der Waals surface area (Å²) in [5.41, 5.74) is 3.46. The van der Waals surface area contributed by atoms with Crippen molar-refractivity contribution in [2.75, 3.05) is 46.9 Å². The number of hydrogen-bond acceptors (Lipinski definition) is 5. The van der Waals surface area contributed by atoms with Crippen LogP contribution >= 0.6 is 0 Å². The van der Waals surface area contributed by atoms with Crippen molar-refractivity contribution < 1.29 is 9.53 Å². The predicted molar refractivity (Wildman–Crippen MR) is 87.3 cm³/mol. The Hall–Kier alpha value is -1.92. The number of rotatable bonds is 6. The third-order valence-electron chi connectivity index (χ3n) is 3.75. The zero-order valence-corrected chi connectivity index (χ0v) is 13.3. The molecule has 1 aliphatic rings. The zero-order chi connectivity index (χ0) is 15.8. The Balaban J connectivity index is 1.69. The third kappa shape index (κ3) is 5.46. The summed E-state index contributed by atoms with van der Waals surface area (Å²) in [6.45, 7) is 4.97. The quantitative estimate of drug-likeness (QED) is 0.623. The van der Waals surface area contributed by atoms with Crippen LogP contribution in [0.2, 0.25) is 0 Å². The molecule has 1 saturated heterocycles. The number of carbonyl (C=O) groups is 1. The Kier molecular flexibility index (Phi) is 6.36. The number of hydrazone groups is 1. The van der Waals surface area contributed by atoms with Crippen molar-refractivity contribution in [3.05, 3.63) is 29.8 Å². The van der Waals surface area contributed by atoms with E-state index in [4.69, 9.17) is 4.74 Å². The van der Waals surface area contributed by atoms with Crippen LogP contribution in [0, 0.1) is 0 Å². The summed E-state index contributed by atoms with van der Waals surface area (Å²) in [5, 5.41) is 3.99. The van der Waals surface area contributed by atoms with Gasteiger partial charge in [0.2, 0.25) is 5.91 Å². The molecule has 120 valence electrons. The monoisotopic (exact) mass is 304 g/mol. The molecule has 0 atom stereocenters. The molecule has 1 amide bonds. The van der Waals surface area contributed by atoms with Crippen molar-refractivity contribution in [3.8, 4) is 5.75 Å². The van der Waals surface area contributed by atoms with E-state index in [0.717, 1.165) is 44.0 Å². The lowest BCUT2D eigenvalue weighted by Crippen LogP contribution is -2.45. The first kappa shape index (κ1) is 16.5. The summed E-state index contributed by atoms with van der Waals surface area (Å²) in [7, 11) is 3.74. The van der Waals surface area contributed by atoms with Gasteiger partial charge in [-0.3, -0.25) is 4.79 Å². The summed E-state index contributed by atoms with van der Waals surface area (Å²) in [6, 6.07) is 7.52. The van der Waals surface area contributed by atoms with Crippen LogP contribution in [-0.2, 0) is 4.79 Å². The molecule has 1 heterocycles. The maximum Gasteiger partial charge on any atom is 0.241 e. The highest BCUT2D eigenvalue weighted by Gasteiger charge is 2.14. The minimum atomic E-state index is -0.0573. The summed E-state index contributed by atoms with van der Waals surface area (Å²) in [4.78, 5) is 16.4. The van der Waals surface area contributed by atoms with Crippen LogP contribution in [0.15, 0.2) is 29.4 Å². The van der Waals surface area contributed by atoms with Gasteiger partial charge in [-0.05, 0) is 24.7 Å². The predicted octanol–water partition coefficient (Wildman–Crippen LogP) is 0.783. The maximum absolute atomic E-state index is 11.8. The van der Waals surface area contributed by atoms with Gasteiger partial charge in [0.05, 0.1) is 13.3 Å². The Bertz CT molecular complexity index is 511. The number of hydrogen-bond donors (Lipinski definition) is 1. The van der Waals surface area contributed by atoms with Crippen molar-refractivity contribution in [1.29, 1.82) is 0 Å². The van der Waals surface area contributed by atoms with Crippen LogP contribution in [0.25, 0.3) is 0 Å². The minimum Gasteiger partial charge on any atom is -0.497 e. The Morgan fingerprint density at radius 3 is 2.86 bits per heavy atom. The standard InChI is InChI=1S/C16H24N4O2/c1-19-8-10-20(11-9-19)7-6-16(21)18-17-13-14-4-3-5-15(12-14)22-2/h3-5,12-13H,6-11H2,1-2H3,(H,18,21). The average molecular weight is 304 g/mol. The maximum atomic E-state index is 11.8. The third-order valence-corrected chi connectivity index (χ3v) is 3.75. The van der Waals surface area contributed by atoms with E-state index in [0.29, 0.717) is 6.42 Å². The summed E-state index contributed by atoms with van der Waals surface area (Å²) < 4.78 is 5.14. The van der Waals surface area contributed by atoms with E-state index < -0.39 is 0 Å². The first-order valence-electron chi connectivity index (χ1n) is 7.54. The van der Waals surface area contributed by atoms with Crippen LogP contribution in [0.3, 0.4) is 0 Å². The van der Waals surface area contributed by atoms with E-state index in [1.165, 1.54) is 0 Å². The molecule has 6 heteroatoms. The topological polar surface area (TPSA) is 57.2 Å². The fourth-order valence-electron chi connectivity index (χ4n) is 2.29. The summed E-state index contributed by atoms with van der Waals surface area (Å²) in [6.07, 6.45) is 2.09. The first-order chi connectivity index (χ1) is 10.7. The normalized spacial score (nSPS) is 16.8. The molecular weight excluding hydrogens is 280 g/mol. The zero-order valence-electron chi connectivity index (χ0n) is 13.3. The van der Waals surface area contributed by atoms with Crippen LogP contribution in [0.1, 0.15) is 12.0 Å². The first-order valence-corrected chi connectivity index (χ1v) is 7.54. The van der Waals surface area contributed by atoms with E-state index in [2.05, 4.69) is 27.4 Å². The number of carbonyl (C=O) groups excluding carboxylic acids is 1. The second-order valence-electron chi connectivity index (χ2n) is 5.46.